The first kappa shape index (κ1) is 12.7. The SMILES string of the molecule is CC(=O)N1CCN(c2ncnc3ccc(N)cc23)CC1. The summed E-state index contributed by atoms with van der Waals surface area (Å²) >= 11 is 0. The smallest absolute Gasteiger partial charge is 0.219 e. The lowest BCUT2D eigenvalue weighted by atomic mass is 10.2. The Bertz CT molecular complexity index is 649. The van der Waals surface area contributed by atoms with E-state index >= 15 is 0 Å². The number of nitrogens with zero attached hydrogens (tertiary/aromatic N) is 4. The third kappa shape index (κ3) is 2.24. The molecule has 0 saturated carbocycles. The van der Waals surface area contributed by atoms with Crippen LogP contribution in [-0.2, 0) is 4.79 Å². The fourth-order valence-electron chi connectivity index (χ4n) is 2.55. The number of nitrogens with two attached hydrogens (primary N) is 1. The van der Waals surface area contributed by atoms with E-state index in [4.69, 9.17) is 5.73 Å². The number of piperazine rings is 1. The zero-order valence-corrected chi connectivity index (χ0v) is 11.4. The number of rotatable bonds is 1. The average Bonchev–Trinajstić information content (AvgIpc) is 2.46. The van der Waals surface area contributed by atoms with Gasteiger partial charge in [-0.1, -0.05) is 0 Å². The van der Waals surface area contributed by atoms with Crippen LogP contribution in [0.15, 0.2) is 24.5 Å². The molecule has 2 aromatic rings. The van der Waals surface area contributed by atoms with Gasteiger partial charge in [0, 0.05) is 44.2 Å². The molecule has 1 aromatic carbocycles. The molecule has 6 nitrogen and oxygen atoms in total. The van der Waals surface area contributed by atoms with Crippen molar-refractivity contribution >= 4 is 28.3 Å². The maximum Gasteiger partial charge on any atom is 0.219 e. The molecular weight excluding hydrogens is 254 g/mol. The highest BCUT2D eigenvalue weighted by Crippen LogP contribution is 2.25. The van der Waals surface area contributed by atoms with E-state index in [1.807, 2.05) is 23.1 Å². The van der Waals surface area contributed by atoms with Gasteiger partial charge in [-0.05, 0) is 18.2 Å². The Morgan fingerprint density at radius 3 is 2.65 bits per heavy atom. The number of nitrogen functional groups attached to an aromatic ring is 1. The average molecular weight is 271 g/mol. The van der Waals surface area contributed by atoms with Crippen LogP contribution in [0.5, 0.6) is 0 Å². The van der Waals surface area contributed by atoms with Crippen LogP contribution in [0, 0.1) is 0 Å². The van der Waals surface area contributed by atoms with Crippen molar-refractivity contribution in [3.05, 3.63) is 24.5 Å². The number of aromatic nitrogens is 2. The van der Waals surface area contributed by atoms with Crippen LogP contribution in [0.2, 0.25) is 0 Å². The Labute approximate surface area is 117 Å². The summed E-state index contributed by atoms with van der Waals surface area (Å²) in [5, 5.41) is 0.962. The number of carbonyl (C=O) groups excluding carboxylic acids is 1. The van der Waals surface area contributed by atoms with Crippen molar-refractivity contribution in [2.75, 3.05) is 36.8 Å². The van der Waals surface area contributed by atoms with Crippen LogP contribution in [0.4, 0.5) is 11.5 Å². The largest absolute Gasteiger partial charge is 0.399 e. The van der Waals surface area contributed by atoms with Crippen molar-refractivity contribution in [2.24, 2.45) is 0 Å². The number of hydrogen-bond acceptors (Lipinski definition) is 5. The van der Waals surface area contributed by atoms with Crippen LogP contribution >= 0.6 is 0 Å². The molecule has 0 unspecified atom stereocenters. The lowest BCUT2D eigenvalue weighted by Crippen LogP contribution is -2.48. The summed E-state index contributed by atoms with van der Waals surface area (Å²) in [6.45, 7) is 4.61. The van der Waals surface area contributed by atoms with E-state index < -0.39 is 0 Å². The molecule has 6 heteroatoms. The Kier molecular flexibility index (Phi) is 3.14. The molecule has 1 aliphatic rings. The van der Waals surface area contributed by atoms with Gasteiger partial charge in [-0.2, -0.15) is 0 Å². The van der Waals surface area contributed by atoms with Crippen molar-refractivity contribution in [3.8, 4) is 0 Å². The Morgan fingerprint density at radius 1 is 1.20 bits per heavy atom. The van der Waals surface area contributed by atoms with Crippen molar-refractivity contribution < 1.29 is 4.79 Å². The third-order valence-corrected chi connectivity index (χ3v) is 3.66. The first-order valence-electron chi connectivity index (χ1n) is 6.66. The van der Waals surface area contributed by atoms with E-state index in [2.05, 4.69) is 14.9 Å². The summed E-state index contributed by atoms with van der Waals surface area (Å²) in [6, 6.07) is 5.65. The van der Waals surface area contributed by atoms with Crippen molar-refractivity contribution in [1.82, 2.24) is 14.9 Å². The van der Waals surface area contributed by atoms with Gasteiger partial charge < -0.3 is 15.5 Å². The molecule has 1 aliphatic heterocycles. The number of carbonyl (C=O) groups is 1. The maximum atomic E-state index is 11.4. The topological polar surface area (TPSA) is 75.4 Å². The molecule has 1 saturated heterocycles. The second-order valence-corrected chi connectivity index (χ2v) is 4.97. The summed E-state index contributed by atoms with van der Waals surface area (Å²) in [5.41, 5.74) is 7.45. The van der Waals surface area contributed by atoms with Gasteiger partial charge in [-0.15, -0.1) is 0 Å². The van der Waals surface area contributed by atoms with Gasteiger partial charge in [-0.25, -0.2) is 9.97 Å². The molecule has 0 radical (unpaired) electrons. The molecule has 3 rings (SSSR count). The summed E-state index contributed by atoms with van der Waals surface area (Å²) in [7, 11) is 0. The molecular formula is C14H17N5O. The monoisotopic (exact) mass is 271 g/mol. The number of anilines is 2. The van der Waals surface area contributed by atoms with Crippen LogP contribution in [0.25, 0.3) is 10.9 Å². The van der Waals surface area contributed by atoms with Gasteiger partial charge in [0.05, 0.1) is 5.52 Å². The predicted molar refractivity (Wildman–Crippen MR) is 78.4 cm³/mol. The van der Waals surface area contributed by atoms with Crippen LogP contribution < -0.4 is 10.6 Å². The van der Waals surface area contributed by atoms with Crippen LogP contribution in [0.3, 0.4) is 0 Å². The minimum absolute atomic E-state index is 0.126. The summed E-state index contributed by atoms with van der Waals surface area (Å²) < 4.78 is 0. The fraction of sp³-hybridized carbons (Fsp3) is 0.357. The van der Waals surface area contributed by atoms with Gasteiger partial charge in [0.15, 0.2) is 0 Å². The molecule has 2 N–H and O–H groups in total. The number of hydrogen-bond donors (Lipinski definition) is 1. The van der Waals surface area contributed by atoms with E-state index in [0.717, 1.165) is 42.9 Å². The Balaban J connectivity index is 1.91. The van der Waals surface area contributed by atoms with Gasteiger partial charge in [0.2, 0.25) is 5.91 Å². The van der Waals surface area contributed by atoms with Crippen molar-refractivity contribution in [2.45, 2.75) is 6.92 Å². The molecule has 1 amide bonds. The number of fused-ring (bicyclic) bond motifs is 1. The fourth-order valence-corrected chi connectivity index (χ4v) is 2.55. The molecule has 20 heavy (non-hydrogen) atoms. The molecule has 1 fully saturated rings. The molecule has 1 aromatic heterocycles. The van der Waals surface area contributed by atoms with Crippen molar-refractivity contribution in [1.29, 1.82) is 0 Å². The minimum atomic E-state index is 0.126. The zero-order chi connectivity index (χ0) is 14.1. The molecule has 2 heterocycles. The summed E-state index contributed by atoms with van der Waals surface area (Å²) in [4.78, 5) is 24.1. The second kappa shape index (κ2) is 4.96. The molecule has 104 valence electrons. The first-order valence-corrected chi connectivity index (χ1v) is 6.66. The number of amides is 1. The van der Waals surface area contributed by atoms with Gasteiger partial charge >= 0.3 is 0 Å². The third-order valence-electron chi connectivity index (χ3n) is 3.66. The lowest BCUT2D eigenvalue weighted by Gasteiger charge is -2.35. The van der Waals surface area contributed by atoms with Crippen LogP contribution in [-0.4, -0.2) is 47.0 Å². The maximum absolute atomic E-state index is 11.4. The normalized spacial score (nSPS) is 15.7. The molecule has 0 spiro atoms. The highest BCUT2D eigenvalue weighted by atomic mass is 16.2. The van der Waals surface area contributed by atoms with Gasteiger partial charge in [0.1, 0.15) is 12.1 Å². The second-order valence-electron chi connectivity index (χ2n) is 4.97. The van der Waals surface area contributed by atoms with Gasteiger partial charge in [-0.3, -0.25) is 4.79 Å². The van der Waals surface area contributed by atoms with E-state index in [1.54, 1.807) is 13.3 Å². The molecule has 0 atom stereocenters. The Hall–Kier alpha value is -2.37. The summed E-state index contributed by atoms with van der Waals surface area (Å²) in [6.07, 6.45) is 1.57. The first-order chi connectivity index (χ1) is 9.65. The van der Waals surface area contributed by atoms with Crippen molar-refractivity contribution in [3.63, 3.8) is 0 Å². The van der Waals surface area contributed by atoms with E-state index in [1.165, 1.54) is 0 Å². The van der Waals surface area contributed by atoms with E-state index in [9.17, 15) is 4.79 Å². The highest BCUT2D eigenvalue weighted by molar-refractivity contribution is 5.91. The lowest BCUT2D eigenvalue weighted by molar-refractivity contribution is -0.129. The highest BCUT2D eigenvalue weighted by Gasteiger charge is 2.21. The Morgan fingerprint density at radius 2 is 1.95 bits per heavy atom. The number of benzene rings is 1. The predicted octanol–water partition coefficient (Wildman–Crippen LogP) is 0.880. The standard InChI is InChI=1S/C14H17N5O/c1-10(20)18-4-6-19(7-5-18)14-12-8-11(15)2-3-13(12)16-9-17-14/h2-3,8-9H,4-7,15H2,1H3. The van der Waals surface area contributed by atoms with Gasteiger partial charge in [0.25, 0.3) is 0 Å². The zero-order valence-electron chi connectivity index (χ0n) is 11.4. The van der Waals surface area contributed by atoms with Crippen LogP contribution in [0.1, 0.15) is 6.92 Å². The molecule has 0 bridgehead atoms. The minimum Gasteiger partial charge on any atom is -0.399 e. The summed E-state index contributed by atoms with van der Waals surface area (Å²) in [5.74, 6) is 1.02. The van der Waals surface area contributed by atoms with E-state index in [-0.39, 0.29) is 5.91 Å². The quantitative estimate of drug-likeness (QED) is 0.779. The van der Waals surface area contributed by atoms with E-state index in [0.29, 0.717) is 5.69 Å². The molecule has 0 aliphatic carbocycles.